The van der Waals surface area contributed by atoms with E-state index in [4.69, 9.17) is 15.2 Å². The number of hydrogen-bond donors (Lipinski definition) is 1. The van der Waals surface area contributed by atoms with Crippen LogP contribution in [-0.2, 0) is 9.53 Å². The van der Waals surface area contributed by atoms with Gasteiger partial charge in [-0.15, -0.1) is 0 Å². The number of carbonyl (C=O) groups excluding carboxylic acids is 1. The van der Waals surface area contributed by atoms with Crippen LogP contribution in [0.2, 0.25) is 0 Å². The Labute approximate surface area is 130 Å². The lowest BCUT2D eigenvalue weighted by atomic mass is 10.1. The van der Waals surface area contributed by atoms with Gasteiger partial charge in [0.05, 0.1) is 20.1 Å². The molecule has 0 unspecified atom stereocenters. The molecule has 1 aliphatic rings. The quantitative estimate of drug-likeness (QED) is 0.431. The number of hydrogen-bond acceptors (Lipinski definition) is 5. The first-order chi connectivity index (χ1) is 10.1. The van der Waals surface area contributed by atoms with E-state index in [1.807, 2.05) is 36.0 Å². The fourth-order valence-corrected chi connectivity index (χ4v) is 3.42. The van der Waals surface area contributed by atoms with Gasteiger partial charge in [0.25, 0.3) is 0 Å². The topological polar surface area (TPSA) is 61.5 Å². The molecule has 0 bridgehead atoms. The Morgan fingerprint density at radius 3 is 2.67 bits per heavy atom. The molecule has 2 N–H and O–H groups in total. The first kappa shape index (κ1) is 16.0. The highest BCUT2D eigenvalue weighted by atomic mass is 32.2. The third-order valence-corrected chi connectivity index (χ3v) is 5.09. The van der Waals surface area contributed by atoms with Gasteiger partial charge < -0.3 is 15.2 Å². The van der Waals surface area contributed by atoms with Crippen LogP contribution in [0.25, 0.3) is 0 Å². The van der Waals surface area contributed by atoms with Crippen molar-refractivity contribution in [2.24, 2.45) is 5.41 Å². The van der Waals surface area contributed by atoms with E-state index in [2.05, 4.69) is 0 Å². The maximum Gasteiger partial charge on any atom is 0.306 e. The van der Waals surface area contributed by atoms with Gasteiger partial charge in [0, 0.05) is 5.69 Å². The number of rotatable bonds is 9. The van der Waals surface area contributed by atoms with Crippen molar-refractivity contribution in [1.82, 2.24) is 0 Å². The third-order valence-electron chi connectivity index (χ3n) is 3.69. The van der Waals surface area contributed by atoms with Crippen molar-refractivity contribution in [2.75, 3.05) is 31.0 Å². The molecule has 1 aliphatic carbocycles. The molecule has 4 nitrogen and oxygen atoms in total. The van der Waals surface area contributed by atoms with Crippen LogP contribution >= 0.6 is 11.8 Å². The van der Waals surface area contributed by atoms with Gasteiger partial charge in [0.15, 0.2) is 0 Å². The molecule has 0 amide bonds. The average Bonchev–Trinajstić information content (AvgIpc) is 3.24. The first-order valence-corrected chi connectivity index (χ1v) is 8.42. The number of benzene rings is 1. The molecule has 0 saturated heterocycles. The predicted molar refractivity (Wildman–Crippen MR) is 86.6 cm³/mol. The highest BCUT2D eigenvalue weighted by Gasteiger charge is 2.44. The lowest BCUT2D eigenvalue weighted by Gasteiger charge is -2.13. The number of nitrogen functional groups attached to an aromatic ring is 1. The van der Waals surface area contributed by atoms with Gasteiger partial charge in [-0.3, -0.25) is 4.79 Å². The minimum absolute atomic E-state index is 0.0835. The summed E-state index contributed by atoms with van der Waals surface area (Å²) < 4.78 is 10.4. The summed E-state index contributed by atoms with van der Waals surface area (Å²) >= 11 is 1.90. The van der Waals surface area contributed by atoms with Gasteiger partial charge in [-0.2, -0.15) is 11.8 Å². The number of nitrogens with two attached hydrogens (primary N) is 1. The van der Waals surface area contributed by atoms with E-state index in [1.54, 1.807) is 0 Å². The third kappa shape index (κ3) is 5.50. The van der Waals surface area contributed by atoms with Crippen molar-refractivity contribution in [2.45, 2.75) is 25.7 Å². The minimum Gasteiger partial charge on any atom is -0.494 e. The Bertz CT molecular complexity index is 457. The molecule has 0 aliphatic heterocycles. The van der Waals surface area contributed by atoms with E-state index in [1.165, 1.54) is 7.11 Å². The molecule has 1 aromatic carbocycles. The van der Waals surface area contributed by atoms with Crippen LogP contribution < -0.4 is 10.5 Å². The molecule has 0 radical (unpaired) electrons. The molecule has 0 aromatic heterocycles. The predicted octanol–water partition coefficient (Wildman–Crippen LogP) is 3.11. The zero-order valence-corrected chi connectivity index (χ0v) is 13.3. The molecule has 2 rings (SSSR count). The standard InChI is InChI=1S/C16H23NO3S/c1-19-15(18)11-16(7-8-16)12-21-10-2-9-20-14-5-3-13(17)4-6-14/h3-6H,2,7-12,17H2,1H3. The molecule has 116 valence electrons. The zero-order valence-electron chi connectivity index (χ0n) is 12.5. The number of thioether (sulfide) groups is 1. The molecule has 1 aromatic rings. The fraction of sp³-hybridized carbons (Fsp3) is 0.562. The zero-order chi connectivity index (χ0) is 15.1. The van der Waals surface area contributed by atoms with Gasteiger partial charge in [0.1, 0.15) is 5.75 Å². The van der Waals surface area contributed by atoms with Gasteiger partial charge >= 0.3 is 5.97 Å². The Kier molecular flexibility index (Phi) is 5.79. The van der Waals surface area contributed by atoms with Crippen molar-refractivity contribution in [3.05, 3.63) is 24.3 Å². The summed E-state index contributed by atoms with van der Waals surface area (Å²) in [6.45, 7) is 0.709. The second-order valence-corrected chi connectivity index (χ2v) is 6.68. The lowest BCUT2D eigenvalue weighted by Crippen LogP contribution is -2.13. The van der Waals surface area contributed by atoms with Crippen LogP contribution in [0, 0.1) is 5.41 Å². The van der Waals surface area contributed by atoms with E-state index >= 15 is 0 Å². The van der Waals surface area contributed by atoms with Crippen molar-refractivity contribution >= 4 is 23.4 Å². The molecule has 1 fully saturated rings. The van der Waals surface area contributed by atoms with Crippen LogP contribution in [0.15, 0.2) is 24.3 Å². The average molecular weight is 309 g/mol. The van der Waals surface area contributed by atoms with Crippen LogP contribution in [0.5, 0.6) is 5.75 Å². The van der Waals surface area contributed by atoms with Crippen molar-refractivity contribution < 1.29 is 14.3 Å². The van der Waals surface area contributed by atoms with E-state index in [9.17, 15) is 4.79 Å². The second-order valence-electron chi connectivity index (χ2n) is 5.58. The molecule has 5 heteroatoms. The van der Waals surface area contributed by atoms with E-state index in [0.717, 1.165) is 42.2 Å². The maximum atomic E-state index is 11.3. The highest BCUT2D eigenvalue weighted by molar-refractivity contribution is 7.99. The number of methoxy groups -OCH3 is 1. The van der Waals surface area contributed by atoms with Gasteiger partial charge in [-0.25, -0.2) is 0 Å². The van der Waals surface area contributed by atoms with E-state index in [-0.39, 0.29) is 11.4 Å². The lowest BCUT2D eigenvalue weighted by molar-refractivity contribution is -0.141. The molecular weight excluding hydrogens is 286 g/mol. The summed E-state index contributed by atoms with van der Waals surface area (Å²) in [5, 5.41) is 0. The summed E-state index contributed by atoms with van der Waals surface area (Å²) in [4.78, 5) is 11.3. The Hall–Kier alpha value is -1.36. The Morgan fingerprint density at radius 2 is 2.05 bits per heavy atom. The summed E-state index contributed by atoms with van der Waals surface area (Å²) in [5.41, 5.74) is 6.59. The number of ether oxygens (including phenoxy) is 2. The van der Waals surface area contributed by atoms with Crippen LogP contribution in [-0.4, -0.2) is 31.2 Å². The van der Waals surface area contributed by atoms with Crippen molar-refractivity contribution in [3.8, 4) is 5.75 Å². The van der Waals surface area contributed by atoms with Crippen LogP contribution in [0.3, 0.4) is 0 Å². The molecule has 0 spiro atoms. The molecular formula is C16H23NO3S. The molecule has 1 saturated carbocycles. The summed E-state index contributed by atoms with van der Waals surface area (Å²) in [5.74, 6) is 2.88. The van der Waals surface area contributed by atoms with Crippen molar-refractivity contribution in [3.63, 3.8) is 0 Å². The van der Waals surface area contributed by atoms with Crippen LogP contribution in [0.1, 0.15) is 25.7 Å². The second kappa shape index (κ2) is 7.59. The van der Waals surface area contributed by atoms with E-state index < -0.39 is 0 Å². The number of esters is 1. The van der Waals surface area contributed by atoms with Crippen LogP contribution in [0.4, 0.5) is 5.69 Å². The normalized spacial score (nSPS) is 15.5. The largest absolute Gasteiger partial charge is 0.494 e. The SMILES string of the molecule is COC(=O)CC1(CSCCCOc2ccc(N)cc2)CC1. The fourth-order valence-electron chi connectivity index (χ4n) is 2.13. The van der Waals surface area contributed by atoms with E-state index in [0.29, 0.717) is 13.0 Å². The van der Waals surface area contributed by atoms with Gasteiger partial charge in [0.2, 0.25) is 0 Å². The number of carbonyl (C=O) groups is 1. The summed E-state index contributed by atoms with van der Waals surface area (Å²) in [6, 6.07) is 7.46. The molecule has 0 heterocycles. The Morgan fingerprint density at radius 1 is 1.33 bits per heavy atom. The Balaban J connectivity index is 1.54. The van der Waals surface area contributed by atoms with Crippen molar-refractivity contribution in [1.29, 1.82) is 0 Å². The summed E-state index contributed by atoms with van der Waals surface area (Å²) in [6.07, 6.45) is 3.87. The number of anilines is 1. The first-order valence-electron chi connectivity index (χ1n) is 7.26. The monoisotopic (exact) mass is 309 g/mol. The smallest absolute Gasteiger partial charge is 0.306 e. The summed E-state index contributed by atoms with van der Waals surface area (Å²) in [7, 11) is 1.46. The highest BCUT2D eigenvalue weighted by Crippen LogP contribution is 2.51. The molecule has 0 atom stereocenters. The van der Waals surface area contributed by atoms with Gasteiger partial charge in [-0.05, 0) is 60.4 Å². The van der Waals surface area contributed by atoms with Gasteiger partial charge in [-0.1, -0.05) is 0 Å². The maximum absolute atomic E-state index is 11.3. The molecule has 21 heavy (non-hydrogen) atoms. The minimum atomic E-state index is -0.0835.